The Hall–Kier alpha value is -2.45. The third-order valence-corrected chi connectivity index (χ3v) is 4.84. The van der Waals surface area contributed by atoms with E-state index >= 15 is 0 Å². The van der Waals surface area contributed by atoms with Crippen molar-refractivity contribution in [3.63, 3.8) is 0 Å². The first-order valence-corrected chi connectivity index (χ1v) is 8.59. The molecule has 2 aromatic carbocycles. The van der Waals surface area contributed by atoms with Crippen LogP contribution >= 0.6 is 0 Å². The van der Waals surface area contributed by atoms with E-state index in [0.717, 1.165) is 37.0 Å². The number of carbonyl (C=O) groups excluding carboxylic acids is 1. The van der Waals surface area contributed by atoms with Crippen LogP contribution in [0, 0.1) is 0 Å². The Kier molecular flexibility index (Phi) is 4.14. The highest BCUT2D eigenvalue weighted by atomic mass is 16.1. The fourth-order valence-corrected chi connectivity index (χ4v) is 3.48. The normalized spacial score (nSPS) is 17.3. The van der Waals surface area contributed by atoms with Crippen LogP contribution in [0.4, 0.5) is 0 Å². The van der Waals surface area contributed by atoms with Gasteiger partial charge in [-0.2, -0.15) is 0 Å². The van der Waals surface area contributed by atoms with Crippen molar-refractivity contribution < 1.29 is 4.79 Å². The number of allylic oxidation sites excluding steroid dienone is 2. The summed E-state index contributed by atoms with van der Waals surface area (Å²) in [6, 6.07) is 14.2. The molecule has 0 aromatic heterocycles. The van der Waals surface area contributed by atoms with Crippen molar-refractivity contribution in [1.29, 1.82) is 0 Å². The van der Waals surface area contributed by atoms with E-state index < -0.39 is 0 Å². The summed E-state index contributed by atoms with van der Waals surface area (Å²) < 4.78 is 0. The molecule has 0 saturated heterocycles. The third kappa shape index (κ3) is 3.10. The van der Waals surface area contributed by atoms with Crippen molar-refractivity contribution in [2.45, 2.75) is 12.8 Å². The number of carbonyl (C=O) groups is 1. The summed E-state index contributed by atoms with van der Waals surface area (Å²) in [5.41, 5.74) is 3.63. The Bertz CT molecular complexity index is 848. The number of rotatable bonds is 4. The molecule has 0 saturated carbocycles. The maximum absolute atomic E-state index is 12.5. The molecule has 2 nitrogen and oxygen atoms in total. The largest absolute Gasteiger partial charge is 0.294 e. The van der Waals surface area contributed by atoms with Crippen LogP contribution in [0.1, 0.15) is 23.2 Å². The van der Waals surface area contributed by atoms with Crippen molar-refractivity contribution in [2.75, 3.05) is 19.6 Å². The van der Waals surface area contributed by atoms with E-state index in [1.807, 2.05) is 30.3 Å². The number of fused-ring (bicyclic) bond motifs is 1. The van der Waals surface area contributed by atoms with Gasteiger partial charge in [0.1, 0.15) is 0 Å². The lowest BCUT2D eigenvalue weighted by Crippen LogP contribution is -2.24. The van der Waals surface area contributed by atoms with Gasteiger partial charge in [-0.3, -0.25) is 9.69 Å². The Morgan fingerprint density at radius 2 is 1.62 bits per heavy atom. The molecule has 0 bridgehead atoms. The molecule has 0 atom stereocenters. The summed E-state index contributed by atoms with van der Waals surface area (Å²) in [6.07, 6.45) is 10.5. The zero-order valence-electron chi connectivity index (χ0n) is 13.7. The lowest BCUT2D eigenvalue weighted by Gasteiger charge is -2.15. The molecule has 2 aromatic rings. The van der Waals surface area contributed by atoms with Crippen LogP contribution < -0.4 is 0 Å². The van der Waals surface area contributed by atoms with Gasteiger partial charge < -0.3 is 0 Å². The van der Waals surface area contributed by atoms with Crippen molar-refractivity contribution in [3.05, 3.63) is 83.5 Å². The lowest BCUT2D eigenvalue weighted by molar-refractivity contribution is 0.0969. The van der Waals surface area contributed by atoms with Gasteiger partial charge in [-0.1, -0.05) is 60.7 Å². The number of ketones is 1. The minimum atomic E-state index is 0.230. The molecule has 0 spiro atoms. The highest BCUT2D eigenvalue weighted by molar-refractivity contribution is 6.00. The minimum Gasteiger partial charge on any atom is -0.294 e. The van der Waals surface area contributed by atoms with Crippen molar-refractivity contribution >= 4 is 16.6 Å². The van der Waals surface area contributed by atoms with Crippen molar-refractivity contribution in [3.8, 4) is 0 Å². The molecule has 0 fully saturated rings. The van der Waals surface area contributed by atoms with E-state index in [9.17, 15) is 4.79 Å². The number of nitrogens with zero attached hydrogens (tertiary/aromatic N) is 1. The predicted molar refractivity (Wildman–Crippen MR) is 99.3 cm³/mol. The number of hydrogen-bond donors (Lipinski definition) is 0. The first-order chi connectivity index (χ1) is 11.8. The van der Waals surface area contributed by atoms with Crippen LogP contribution in [-0.2, 0) is 0 Å². The highest BCUT2D eigenvalue weighted by Crippen LogP contribution is 2.23. The van der Waals surface area contributed by atoms with Gasteiger partial charge >= 0.3 is 0 Å². The molecule has 2 aliphatic rings. The molecule has 1 aliphatic heterocycles. The van der Waals surface area contributed by atoms with Crippen LogP contribution in [0.3, 0.4) is 0 Å². The molecule has 1 heterocycles. The Morgan fingerprint density at radius 3 is 2.38 bits per heavy atom. The van der Waals surface area contributed by atoms with Crippen LogP contribution in [0.25, 0.3) is 10.8 Å². The molecule has 4 rings (SSSR count). The van der Waals surface area contributed by atoms with Gasteiger partial charge in [-0.05, 0) is 34.4 Å². The van der Waals surface area contributed by atoms with Gasteiger partial charge in [0.2, 0.25) is 0 Å². The van der Waals surface area contributed by atoms with E-state index in [-0.39, 0.29) is 5.78 Å². The lowest BCUT2D eigenvalue weighted by atomic mass is 10.0. The first-order valence-electron chi connectivity index (χ1n) is 8.59. The zero-order chi connectivity index (χ0) is 16.4. The van der Waals surface area contributed by atoms with Crippen LogP contribution in [0.2, 0.25) is 0 Å². The summed E-state index contributed by atoms with van der Waals surface area (Å²) in [5, 5.41) is 2.31. The molecule has 0 amide bonds. The summed E-state index contributed by atoms with van der Waals surface area (Å²) in [7, 11) is 0. The topological polar surface area (TPSA) is 20.3 Å². The molecule has 2 heteroatoms. The third-order valence-electron chi connectivity index (χ3n) is 4.84. The fraction of sp³-hybridized carbons (Fsp3) is 0.227. The zero-order valence-corrected chi connectivity index (χ0v) is 13.7. The van der Waals surface area contributed by atoms with Gasteiger partial charge in [0.25, 0.3) is 0 Å². The standard InChI is InChI=1S/C22H21NO/c24-22(19-11-10-17-6-4-5-7-18(17)14-19)12-13-23-15-20-8-2-1-3-9-21(20)16-23/h2-11,14H,1,12-13,15-16H2. The van der Waals surface area contributed by atoms with E-state index in [1.54, 1.807) is 0 Å². The maximum Gasteiger partial charge on any atom is 0.164 e. The van der Waals surface area contributed by atoms with E-state index in [2.05, 4.69) is 41.3 Å². The first kappa shape index (κ1) is 15.1. The second-order valence-electron chi connectivity index (χ2n) is 6.54. The van der Waals surface area contributed by atoms with Gasteiger partial charge in [-0.25, -0.2) is 0 Å². The number of benzene rings is 2. The van der Waals surface area contributed by atoms with E-state index in [0.29, 0.717) is 6.42 Å². The summed E-state index contributed by atoms with van der Waals surface area (Å²) in [5.74, 6) is 0.230. The van der Waals surface area contributed by atoms with Crippen LogP contribution in [0.15, 0.2) is 77.9 Å². The Balaban J connectivity index is 1.39. The van der Waals surface area contributed by atoms with Crippen LogP contribution in [-0.4, -0.2) is 30.3 Å². The molecule has 1 aliphatic carbocycles. The van der Waals surface area contributed by atoms with E-state index in [4.69, 9.17) is 0 Å². The molecule has 24 heavy (non-hydrogen) atoms. The van der Waals surface area contributed by atoms with Gasteiger partial charge in [0, 0.05) is 31.6 Å². The average Bonchev–Trinajstić information content (AvgIpc) is 2.88. The predicted octanol–water partition coefficient (Wildman–Crippen LogP) is 4.54. The second kappa shape index (κ2) is 6.58. The van der Waals surface area contributed by atoms with Gasteiger partial charge in [0.15, 0.2) is 5.78 Å². The Morgan fingerprint density at radius 1 is 0.917 bits per heavy atom. The molecule has 120 valence electrons. The van der Waals surface area contributed by atoms with Crippen molar-refractivity contribution in [2.24, 2.45) is 0 Å². The smallest absolute Gasteiger partial charge is 0.164 e. The van der Waals surface area contributed by atoms with Crippen LogP contribution in [0.5, 0.6) is 0 Å². The summed E-state index contributed by atoms with van der Waals surface area (Å²) >= 11 is 0. The number of Topliss-reactive ketones (excluding diaryl/α,β-unsaturated/α-hetero) is 1. The summed E-state index contributed by atoms with van der Waals surface area (Å²) in [6.45, 7) is 2.74. The van der Waals surface area contributed by atoms with Crippen molar-refractivity contribution in [1.82, 2.24) is 4.90 Å². The van der Waals surface area contributed by atoms with Gasteiger partial charge in [-0.15, -0.1) is 0 Å². The van der Waals surface area contributed by atoms with E-state index in [1.165, 1.54) is 16.5 Å². The molecular formula is C22H21NO. The number of hydrogen-bond acceptors (Lipinski definition) is 2. The quantitative estimate of drug-likeness (QED) is 0.772. The monoisotopic (exact) mass is 315 g/mol. The Labute approximate surface area is 142 Å². The fourth-order valence-electron chi connectivity index (χ4n) is 3.48. The van der Waals surface area contributed by atoms with Gasteiger partial charge in [0.05, 0.1) is 0 Å². The molecular weight excluding hydrogens is 294 g/mol. The highest BCUT2D eigenvalue weighted by Gasteiger charge is 2.20. The minimum absolute atomic E-state index is 0.230. The maximum atomic E-state index is 12.5. The molecule has 0 unspecified atom stereocenters. The average molecular weight is 315 g/mol. The summed E-state index contributed by atoms with van der Waals surface area (Å²) in [4.78, 5) is 14.9. The molecule has 0 radical (unpaired) electrons. The molecule has 0 N–H and O–H groups in total. The SMILES string of the molecule is O=C(CCN1CC2=C(C=CCC=C2)C1)c1ccc2ccccc2c1. The second-order valence-corrected chi connectivity index (χ2v) is 6.54.